The third-order valence-corrected chi connectivity index (χ3v) is 3.14. The lowest BCUT2D eigenvalue weighted by molar-refractivity contribution is -0.667. The first-order valence-corrected chi connectivity index (χ1v) is 7.88. The van der Waals surface area contributed by atoms with Gasteiger partial charge >= 0.3 is 0 Å². The summed E-state index contributed by atoms with van der Waals surface area (Å²) in [4.78, 5) is 0. The topological polar surface area (TPSA) is 66.3 Å². The Morgan fingerprint density at radius 2 is 1.50 bits per heavy atom. The lowest BCUT2D eigenvalue weighted by atomic mass is 10.0. The molecule has 0 aromatic rings. The first-order chi connectivity index (χ1) is 9.13. The van der Waals surface area contributed by atoms with Gasteiger partial charge in [-0.25, -0.2) is 0 Å². The molecule has 0 bridgehead atoms. The summed E-state index contributed by atoms with van der Waals surface area (Å²) in [5.41, 5.74) is 0. The molecule has 0 aliphatic carbocycles. The predicted octanol–water partition coefficient (Wildman–Crippen LogP) is -1.73. The summed E-state index contributed by atoms with van der Waals surface area (Å²) in [5.74, 6) is 0.840. The summed E-state index contributed by atoms with van der Waals surface area (Å²) in [7, 11) is 0. The van der Waals surface area contributed by atoms with Crippen molar-refractivity contribution in [3.63, 3.8) is 0 Å². The van der Waals surface area contributed by atoms with Gasteiger partial charge in [0.1, 0.15) is 6.54 Å². The van der Waals surface area contributed by atoms with Crippen LogP contribution < -0.4 is 17.7 Å². The molecule has 0 saturated heterocycles. The number of nitrogens with two attached hydrogens (primary N) is 1. The Hall–Kier alpha value is 0.130. The van der Waals surface area contributed by atoms with Gasteiger partial charge in [-0.05, 0) is 12.3 Å². The maximum absolute atomic E-state index is 8.64. The minimum absolute atomic E-state index is 0. The van der Waals surface area contributed by atoms with Gasteiger partial charge in [-0.2, -0.15) is 0 Å². The summed E-state index contributed by atoms with van der Waals surface area (Å²) in [6.07, 6.45) is 7.63. The molecule has 0 atom stereocenters. The van der Waals surface area contributed by atoms with E-state index >= 15 is 0 Å². The lowest BCUT2D eigenvalue weighted by Crippen LogP contribution is -3.00. The third kappa shape index (κ3) is 20.4. The second-order valence-electron chi connectivity index (χ2n) is 5.71. The maximum Gasteiger partial charge on any atom is 0.202 e. The zero-order valence-corrected chi connectivity index (χ0v) is 13.9. The van der Waals surface area contributed by atoms with Crippen molar-refractivity contribution in [1.29, 1.82) is 0 Å². The monoisotopic (exact) mass is 311 g/mol. The predicted molar refractivity (Wildman–Crippen MR) is 77.9 cm³/mol. The molecule has 0 spiro atoms. The van der Waals surface area contributed by atoms with Gasteiger partial charge in [-0.1, -0.05) is 46.0 Å². The number of halogens is 1. The van der Waals surface area contributed by atoms with Crippen molar-refractivity contribution in [1.82, 2.24) is 0 Å². The fourth-order valence-corrected chi connectivity index (χ4v) is 1.99. The summed E-state index contributed by atoms with van der Waals surface area (Å²) in [5, 5.41) is 19.2. The Bertz CT molecular complexity index is 163. The van der Waals surface area contributed by atoms with Crippen LogP contribution in [0.15, 0.2) is 0 Å². The van der Waals surface area contributed by atoms with E-state index in [0.29, 0.717) is 6.54 Å². The molecular formula is C15H34ClNO3. The van der Waals surface area contributed by atoms with E-state index in [2.05, 4.69) is 13.8 Å². The second-order valence-corrected chi connectivity index (χ2v) is 5.71. The summed E-state index contributed by atoms with van der Waals surface area (Å²) in [6.45, 7) is 7.47. The molecule has 4 N–H and O–H groups in total. The second kappa shape index (κ2) is 17.2. The summed E-state index contributed by atoms with van der Waals surface area (Å²) in [6, 6.07) is 0. The Morgan fingerprint density at radius 1 is 0.900 bits per heavy atom. The van der Waals surface area contributed by atoms with Gasteiger partial charge in [-0.3, -0.25) is 0 Å². The van der Waals surface area contributed by atoms with E-state index in [4.69, 9.17) is 14.9 Å². The standard InChI is InChI=1S/C15H33NO3.ClH/c1-14(2)9-6-4-3-5-7-11-19-12-8-10-16-13-15(17)18;/h14-18H,3-13H2,1-2H3;1H. The van der Waals surface area contributed by atoms with Gasteiger partial charge in [0.15, 0.2) is 0 Å². The van der Waals surface area contributed by atoms with E-state index in [1.54, 1.807) is 0 Å². The van der Waals surface area contributed by atoms with Gasteiger partial charge in [0.2, 0.25) is 6.29 Å². The Balaban J connectivity index is 0. The highest BCUT2D eigenvalue weighted by molar-refractivity contribution is 4.48. The van der Waals surface area contributed by atoms with E-state index in [1.165, 1.54) is 38.5 Å². The number of aliphatic hydroxyl groups is 2. The molecule has 0 saturated carbocycles. The average Bonchev–Trinajstić information content (AvgIpc) is 2.34. The average molecular weight is 312 g/mol. The van der Waals surface area contributed by atoms with Crippen LogP contribution in [0.2, 0.25) is 0 Å². The largest absolute Gasteiger partial charge is 1.00 e. The van der Waals surface area contributed by atoms with Crippen LogP contribution in [0, 0.1) is 5.92 Å². The molecule has 5 heteroatoms. The van der Waals surface area contributed by atoms with E-state index in [-0.39, 0.29) is 12.4 Å². The van der Waals surface area contributed by atoms with Crippen LogP contribution in [0.25, 0.3) is 0 Å². The SMILES string of the molecule is CC(C)CCCCCCCOCCC[NH2+]CC(O)O.[Cl-]. The molecule has 0 amide bonds. The normalized spacial score (nSPS) is 11.1. The van der Waals surface area contributed by atoms with Crippen molar-refractivity contribution >= 4 is 0 Å². The van der Waals surface area contributed by atoms with Crippen molar-refractivity contribution < 1.29 is 32.7 Å². The van der Waals surface area contributed by atoms with Gasteiger partial charge in [0, 0.05) is 13.0 Å². The molecule has 0 aromatic heterocycles. The van der Waals surface area contributed by atoms with Crippen LogP contribution in [0.4, 0.5) is 0 Å². The Morgan fingerprint density at radius 3 is 2.15 bits per heavy atom. The Kier molecular flexibility index (Phi) is 19.3. The molecule has 4 nitrogen and oxygen atoms in total. The molecule has 124 valence electrons. The van der Waals surface area contributed by atoms with E-state index in [0.717, 1.165) is 32.1 Å². The fourth-order valence-electron chi connectivity index (χ4n) is 1.99. The van der Waals surface area contributed by atoms with E-state index in [1.807, 2.05) is 5.32 Å². The van der Waals surface area contributed by atoms with Crippen LogP contribution in [0.1, 0.15) is 58.8 Å². The van der Waals surface area contributed by atoms with Gasteiger partial charge in [0.25, 0.3) is 0 Å². The fraction of sp³-hybridized carbons (Fsp3) is 1.00. The molecule has 0 aromatic carbocycles. The molecule has 0 heterocycles. The van der Waals surface area contributed by atoms with Gasteiger partial charge in [-0.15, -0.1) is 0 Å². The molecule has 20 heavy (non-hydrogen) atoms. The Labute approximate surface area is 130 Å². The first kappa shape index (κ1) is 22.4. The highest BCUT2D eigenvalue weighted by atomic mass is 35.5. The van der Waals surface area contributed by atoms with E-state index < -0.39 is 6.29 Å². The lowest BCUT2D eigenvalue weighted by Gasteiger charge is -2.06. The zero-order valence-electron chi connectivity index (χ0n) is 13.2. The number of hydrogen-bond donors (Lipinski definition) is 3. The van der Waals surface area contributed by atoms with Crippen LogP contribution in [0.3, 0.4) is 0 Å². The van der Waals surface area contributed by atoms with Gasteiger partial charge in [0.05, 0.1) is 13.2 Å². The number of rotatable bonds is 14. The van der Waals surface area contributed by atoms with Crippen LogP contribution in [0.5, 0.6) is 0 Å². The van der Waals surface area contributed by atoms with Crippen molar-refractivity contribution in [2.45, 2.75) is 65.1 Å². The number of ether oxygens (including phenoxy) is 1. The van der Waals surface area contributed by atoms with Crippen molar-refractivity contribution in [3.05, 3.63) is 0 Å². The minimum atomic E-state index is -1.20. The highest BCUT2D eigenvalue weighted by Crippen LogP contribution is 2.10. The number of hydrogen-bond acceptors (Lipinski definition) is 3. The molecule has 0 aliphatic rings. The summed E-state index contributed by atoms with van der Waals surface area (Å²) < 4.78 is 5.54. The molecule has 0 aliphatic heterocycles. The number of unbranched alkanes of at least 4 members (excludes halogenated alkanes) is 4. The smallest absolute Gasteiger partial charge is 0.202 e. The quantitative estimate of drug-likeness (QED) is 0.264. The zero-order chi connectivity index (χ0) is 14.3. The number of quaternary nitrogens is 1. The van der Waals surface area contributed by atoms with Gasteiger partial charge < -0.3 is 32.7 Å². The third-order valence-electron chi connectivity index (χ3n) is 3.14. The highest BCUT2D eigenvalue weighted by Gasteiger charge is 1.99. The molecule has 0 radical (unpaired) electrons. The van der Waals surface area contributed by atoms with Crippen LogP contribution in [-0.2, 0) is 4.74 Å². The first-order valence-electron chi connectivity index (χ1n) is 7.88. The molecule has 0 unspecified atom stereocenters. The van der Waals surface area contributed by atoms with Crippen molar-refractivity contribution in [2.75, 3.05) is 26.3 Å². The van der Waals surface area contributed by atoms with Crippen LogP contribution in [-0.4, -0.2) is 42.8 Å². The minimum Gasteiger partial charge on any atom is -1.00 e. The summed E-state index contributed by atoms with van der Waals surface area (Å²) >= 11 is 0. The van der Waals surface area contributed by atoms with Crippen molar-refractivity contribution in [3.8, 4) is 0 Å². The van der Waals surface area contributed by atoms with E-state index in [9.17, 15) is 0 Å². The maximum atomic E-state index is 8.64. The van der Waals surface area contributed by atoms with Crippen molar-refractivity contribution in [2.24, 2.45) is 5.92 Å². The van der Waals surface area contributed by atoms with Crippen LogP contribution >= 0.6 is 0 Å². The molecule has 0 fully saturated rings. The molecule has 0 rings (SSSR count). The molecular weight excluding hydrogens is 278 g/mol. The number of aliphatic hydroxyl groups excluding tert-OH is 1.